The zero-order chi connectivity index (χ0) is 13.2. The van der Waals surface area contributed by atoms with Gasteiger partial charge in [0.05, 0.1) is 12.0 Å². The van der Waals surface area contributed by atoms with E-state index in [0.717, 1.165) is 29.4 Å². The summed E-state index contributed by atoms with van der Waals surface area (Å²) in [6, 6.07) is 2.35. The molecular formula is C14H17N3OS. The third-order valence-electron chi connectivity index (χ3n) is 3.16. The van der Waals surface area contributed by atoms with Gasteiger partial charge in [0.2, 0.25) is 0 Å². The lowest BCUT2D eigenvalue weighted by molar-refractivity contribution is 0.510. The summed E-state index contributed by atoms with van der Waals surface area (Å²) in [6.45, 7) is 5.02. The van der Waals surface area contributed by atoms with Crippen LogP contribution in [0.15, 0.2) is 34.5 Å². The predicted molar refractivity (Wildman–Crippen MR) is 76.6 cm³/mol. The van der Waals surface area contributed by atoms with Gasteiger partial charge in [0.25, 0.3) is 0 Å². The summed E-state index contributed by atoms with van der Waals surface area (Å²) < 4.78 is 7.48. The summed E-state index contributed by atoms with van der Waals surface area (Å²) in [5, 5.41) is 5.54. The van der Waals surface area contributed by atoms with E-state index in [4.69, 9.17) is 4.42 Å². The van der Waals surface area contributed by atoms with Gasteiger partial charge in [0.15, 0.2) is 4.96 Å². The highest BCUT2D eigenvalue weighted by atomic mass is 32.1. The lowest BCUT2D eigenvalue weighted by Gasteiger charge is -2.14. The Kier molecular flexibility index (Phi) is 3.40. The van der Waals surface area contributed by atoms with Gasteiger partial charge in [-0.05, 0) is 19.5 Å². The largest absolute Gasteiger partial charge is 0.469 e. The highest BCUT2D eigenvalue weighted by Gasteiger charge is 2.15. The number of nitrogens with one attached hydrogen (secondary N) is 1. The first-order chi connectivity index (χ1) is 9.26. The first-order valence-electron chi connectivity index (χ1n) is 6.45. The molecule has 0 aromatic carbocycles. The van der Waals surface area contributed by atoms with Crippen molar-refractivity contribution in [1.29, 1.82) is 0 Å². The van der Waals surface area contributed by atoms with E-state index in [2.05, 4.69) is 33.9 Å². The van der Waals surface area contributed by atoms with Crippen molar-refractivity contribution in [2.24, 2.45) is 0 Å². The highest BCUT2D eigenvalue weighted by Crippen LogP contribution is 2.21. The van der Waals surface area contributed by atoms with E-state index in [1.807, 2.05) is 24.8 Å². The van der Waals surface area contributed by atoms with Gasteiger partial charge in [0.1, 0.15) is 5.76 Å². The van der Waals surface area contributed by atoms with Crippen molar-refractivity contribution in [1.82, 2.24) is 14.7 Å². The normalized spacial score (nSPS) is 13.2. The van der Waals surface area contributed by atoms with E-state index >= 15 is 0 Å². The summed E-state index contributed by atoms with van der Waals surface area (Å²) in [5.74, 6) is 0.948. The Balaban J connectivity index is 1.82. The average Bonchev–Trinajstić information content (AvgIpc) is 3.03. The summed E-state index contributed by atoms with van der Waals surface area (Å²) in [4.78, 5) is 5.69. The second-order valence-electron chi connectivity index (χ2n) is 4.63. The summed E-state index contributed by atoms with van der Waals surface area (Å²) in [7, 11) is 0. The molecule has 1 N–H and O–H groups in total. The summed E-state index contributed by atoms with van der Waals surface area (Å²) in [6.07, 6.45) is 6.85. The van der Waals surface area contributed by atoms with E-state index in [9.17, 15) is 0 Å². The SMILES string of the molecule is CCNC(Cc1cn2ccsc2n1)c1coc(C)c1. The van der Waals surface area contributed by atoms with Gasteiger partial charge >= 0.3 is 0 Å². The zero-order valence-corrected chi connectivity index (χ0v) is 11.9. The molecule has 100 valence electrons. The van der Waals surface area contributed by atoms with Crippen LogP contribution in [0.2, 0.25) is 0 Å². The monoisotopic (exact) mass is 275 g/mol. The molecule has 5 heteroatoms. The van der Waals surface area contributed by atoms with Gasteiger partial charge in [-0.3, -0.25) is 4.40 Å². The average molecular weight is 275 g/mol. The van der Waals surface area contributed by atoms with Gasteiger partial charge in [-0.25, -0.2) is 4.98 Å². The molecule has 4 nitrogen and oxygen atoms in total. The van der Waals surface area contributed by atoms with Crippen molar-refractivity contribution in [3.63, 3.8) is 0 Å². The molecule has 3 heterocycles. The molecule has 0 aliphatic heterocycles. The zero-order valence-electron chi connectivity index (χ0n) is 11.1. The van der Waals surface area contributed by atoms with E-state index in [0.29, 0.717) is 0 Å². The van der Waals surface area contributed by atoms with Crippen LogP contribution in [0, 0.1) is 6.92 Å². The van der Waals surface area contributed by atoms with E-state index in [1.165, 1.54) is 5.56 Å². The number of rotatable bonds is 5. The van der Waals surface area contributed by atoms with Crippen LogP contribution < -0.4 is 5.32 Å². The molecule has 0 radical (unpaired) electrons. The quantitative estimate of drug-likeness (QED) is 0.777. The second-order valence-corrected chi connectivity index (χ2v) is 5.50. The summed E-state index contributed by atoms with van der Waals surface area (Å²) in [5.41, 5.74) is 2.30. The number of furan rings is 1. The molecule has 3 aromatic heterocycles. The lowest BCUT2D eigenvalue weighted by Crippen LogP contribution is -2.22. The van der Waals surface area contributed by atoms with Crippen molar-refractivity contribution in [3.8, 4) is 0 Å². The molecule has 0 spiro atoms. The third-order valence-corrected chi connectivity index (χ3v) is 3.93. The molecule has 0 aliphatic carbocycles. The number of hydrogen-bond acceptors (Lipinski definition) is 4. The van der Waals surface area contributed by atoms with Gasteiger partial charge in [-0.2, -0.15) is 0 Å². The molecule has 0 saturated heterocycles. The Labute approximate surface area is 116 Å². The minimum Gasteiger partial charge on any atom is -0.469 e. The number of hydrogen-bond donors (Lipinski definition) is 1. The van der Waals surface area contributed by atoms with E-state index < -0.39 is 0 Å². The van der Waals surface area contributed by atoms with E-state index in [-0.39, 0.29) is 6.04 Å². The summed E-state index contributed by atoms with van der Waals surface area (Å²) >= 11 is 1.66. The van der Waals surface area contributed by atoms with Crippen LogP contribution in [-0.4, -0.2) is 15.9 Å². The van der Waals surface area contributed by atoms with Crippen LogP contribution in [0.4, 0.5) is 0 Å². The molecule has 0 saturated carbocycles. The number of nitrogens with zero attached hydrogens (tertiary/aromatic N) is 2. The molecule has 0 bridgehead atoms. The van der Waals surface area contributed by atoms with Crippen LogP contribution in [-0.2, 0) is 6.42 Å². The number of aryl methyl sites for hydroxylation is 1. The van der Waals surface area contributed by atoms with E-state index in [1.54, 1.807) is 11.3 Å². The minimum atomic E-state index is 0.257. The van der Waals surface area contributed by atoms with Crippen LogP contribution in [0.25, 0.3) is 4.96 Å². The number of imidazole rings is 1. The fourth-order valence-electron chi connectivity index (χ4n) is 2.28. The van der Waals surface area contributed by atoms with Crippen molar-refractivity contribution < 1.29 is 4.42 Å². The Bertz CT molecular complexity index is 638. The Hall–Kier alpha value is -1.59. The Morgan fingerprint density at radius 3 is 3.11 bits per heavy atom. The maximum Gasteiger partial charge on any atom is 0.193 e. The maximum absolute atomic E-state index is 5.41. The van der Waals surface area contributed by atoms with Crippen molar-refractivity contribution in [2.45, 2.75) is 26.3 Å². The first-order valence-corrected chi connectivity index (χ1v) is 7.33. The third kappa shape index (κ3) is 2.57. The van der Waals surface area contributed by atoms with Crippen molar-refractivity contribution in [3.05, 3.63) is 47.1 Å². The van der Waals surface area contributed by atoms with Gasteiger partial charge in [0, 0.05) is 35.8 Å². The molecule has 0 aliphatic rings. The smallest absolute Gasteiger partial charge is 0.193 e. The van der Waals surface area contributed by atoms with Gasteiger partial charge < -0.3 is 9.73 Å². The topological polar surface area (TPSA) is 42.5 Å². The number of aromatic nitrogens is 2. The number of fused-ring (bicyclic) bond motifs is 1. The van der Waals surface area contributed by atoms with Crippen LogP contribution in [0.1, 0.15) is 30.0 Å². The van der Waals surface area contributed by atoms with Crippen LogP contribution >= 0.6 is 11.3 Å². The molecule has 19 heavy (non-hydrogen) atoms. The van der Waals surface area contributed by atoms with Crippen molar-refractivity contribution >= 4 is 16.3 Å². The Morgan fingerprint density at radius 2 is 2.42 bits per heavy atom. The van der Waals surface area contributed by atoms with Crippen LogP contribution in [0.5, 0.6) is 0 Å². The predicted octanol–water partition coefficient (Wildman–Crippen LogP) is 3.19. The number of thiazole rings is 1. The molecule has 3 aromatic rings. The minimum absolute atomic E-state index is 0.257. The standard InChI is InChI=1S/C14H17N3OS/c1-3-15-13(11-6-10(2)18-9-11)7-12-8-17-4-5-19-14(17)16-12/h4-6,8-9,13,15H,3,7H2,1-2H3. The Morgan fingerprint density at radius 1 is 1.53 bits per heavy atom. The molecular weight excluding hydrogens is 258 g/mol. The molecule has 0 amide bonds. The second kappa shape index (κ2) is 5.19. The van der Waals surface area contributed by atoms with Crippen LogP contribution in [0.3, 0.4) is 0 Å². The fourth-order valence-corrected chi connectivity index (χ4v) is 3.00. The molecule has 0 fully saturated rings. The molecule has 1 unspecified atom stereocenters. The maximum atomic E-state index is 5.41. The number of likely N-dealkylation sites (N-methyl/N-ethyl adjacent to an activating group) is 1. The molecule has 1 atom stereocenters. The fraction of sp³-hybridized carbons (Fsp3) is 0.357. The lowest BCUT2D eigenvalue weighted by atomic mass is 10.1. The van der Waals surface area contributed by atoms with Crippen molar-refractivity contribution in [2.75, 3.05) is 6.54 Å². The highest BCUT2D eigenvalue weighted by molar-refractivity contribution is 7.15. The molecule has 3 rings (SSSR count). The van der Waals surface area contributed by atoms with Gasteiger partial charge in [-0.15, -0.1) is 11.3 Å². The first kappa shape index (κ1) is 12.4. The van der Waals surface area contributed by atoms with Gasteiger partial charge in [-0.1, -0.05) is 6.92 Å².